The molecular weight excluding hydrogens is 444 g/mol. The Kier molecular flexibility index (Phi) is 11.7. The van der Waals surface area contributed by atoms with Crippen LogP contribution in [0.15, 0.2) is 48.2 Å². The summed E-state index contributed by atoms with van der Waals surface area (Å²) in [5.41, 5.74) is 3.36. The highest BCUT2D eigenvalue weighted by molar-refractivity contribution is 5.93. The van der Waals surface area contributed by atoms with E-state index in [-0.39, 0.29) is 11.8 Å². The number of benzene rings is 2. The van der Waals surface area contributed by atoms with Crippen molar-refractivity contribution in [3.05, 3.63) is 53.8 Å². The van der Waals surface area contributed by atoms with E-state index in [0.717, 1.165) is 54.5 Å². The van der Waals surface area contributed by atoms with Crippen molar-refractivity contribution in [3.8, 4) is 16.9 Å². The maximum absolute atomic E-state index is 12.6. The first-order valence-electron chi connectivity index (χ1n) is 12.2. The maximum Gasteiger partial charge on any atom is 0.373 e. The largest absolute Gasteiger partial charge is 0.493 e. The molecule has 0 atom stereocenters. The van der Waals surface area contributed by atoms with E-state index in [2.05, 4.69) is 19.2 Å². The molecule has 7 heteroatoms. The average Bonchev–Trinajstić information content (AvgIpc) is 2.89. The highest BCUT2D eigenvalue weighted by Gasteiger charge is 2.15. The Bertz CT molecular complexity index is 1000. The number of nitrogens with zero attached hydrogens (tertiary/aromatic N) is 1. The zero-order valence-electron chi connectivity index (χ0n) is 21.6. The molecule has 0 unspecified atom stereocenters. The first kappa shape index (κ1) is 27.8. The lowest BCUT2D eigenvalue weighted by molar-refractivity contribution is -0.139. The molecule has 2 aromatic rings. The van der Waals surface area contributed by atoms with Crippen molar-refractivity contribution in [3.63, 3.8) is 0 Å². The second-order valence-corrected chi connectivity index (χ2v) is 8.21. The molecule has 0 aliphatic carbocycles. The third-order valence-electron chi connectivity index (χ3n) is 5.57. The van der Waals surface area contributed by atoms with Gasteiger partial charge < -0.3 is 19.5 Å². The average molecular weight is 483 g/mol. The van der Waals surface area contributed by atoms with Gasteiger partial charge >= 0.3 is 12.0 Å². The van der Waals surface area contributed by atoms with E-state index in [1.165, 1.54) is 14.2 Å². The molecule has 0 heterocycles. The molecule has 0 spiro atoms. The number of methoxy groups -OCH3 is 2. The molecule has 0 aliphatic heterocycles. The van der Waals surface area contributed by atoms with Gasteiger partial charge in [-0.2, -0.15) is 0 Å². The number of rotatable bonds is 13. The van der Waals surface area contributed by atoms with Crippen molar-refractivity contribution < 1.29 is 23.8 Å². The molecule has 2 aromatic carbocycles. The minimum Gasteiger partial charge on any atom is -0.493 e. The van der Waals surface area contributed by atoms with Gasteiger partial charge in [-0.15, -0.1) is 0 Å². The van der Waals surface area contributed by atoms with Crippen molar-refractivity contribution in [2.75, 3.05) is 39.3 Å². The van der Waals surface area contributed by atoms with Crippen LogP contribution in [0, 0.1) is 0 Å². The second-order valence-electron chi connectivity index (χ2n) is 8.21. The minimum absolute atomic E-state index is 0.105. The Morgan fingerprint density at radius 3 is 2.43 bits per heavy atom. The van der Waals surface area contributed by atoms with Gasteiger partial charge in [0.1, 0.15) is 5.75 Å². The predicted octanol–water partition coefficient (Wildman–Crippen LogP) is 6.03. The number of ether oxygens (including phenoxy) is 3. The van der Waals surface area contributed by atoms with Crippen molar-refractivity contribution in [2.24, 2.45) is 0 Å². The van der Waals surface area contributed by atoms with Gasteiger partial charge in [0.15, 0.2) is 0 Å². The van der Waals surface area contributed by atoms with Crippen LogP contribution in [0.25, 0.3) is 17.2 Å². The monoisotopic (exact) mass is 482 g/mol. The van der Waals surface area contributed by atoms with Crippen molar-refractivity contribution in [2.45, 2.75) is 46.0 Å². The van der Waals surface area contributed by atoms with E-state index < -0.39 is 5.97 Å². The van der Waals surface area contributed by atoms with Gasteiger partial charge in [-0.05, 0) is 48.2 Å². The van der Waals surface area contributed by atoms with Crippen LogP contribution in [0.1, 0.15) is 51.5 Å². The molecule has 2 rings (SSSR count). The zero-order chi connectivity index (χ0) is 25.6. The lowest BCUT2D eigenvalue weighted by atomic mass is 10.0. The summed E-state index contributed by atoms with van der Waals surface area (Å²) in [6.07, 6.45) is 6.73. The van der Waals surface area contributed by atoms with Crippen LogP contribution >= 0.6 is 0 Å². The first-order chi connectivity index (χ1) is 16.9. The molecule has 190 valence electrons. The lowest BCUT2D eigenvalue weighted by Gasteiger charge is -2.20. The third kappa shape index (κ3) is 8.35. The Morgan fingerprint density at radius 1 is 0.971 bits per heavy atom. The molecule has 0 aromatic heterocycles. The summed E-state index contributed by atoms with van der Waals surface area (Å²) in [6.45, 7) is 5.48. The van der Waals surface area contributed by atoms with E-state index in [0.29, 0.717) is 18.9 Å². The van der Waals surface area contributed by atoms with E-state index in [1.807, 2.05) is 42.5 Å². The van der Waals surface area contributed by atoms with Gasteiger partial charge in [-0.1, -0.05) is 57.4 Å². The standard InChI is InChI=1S/C28H38N2O5/c1-6-8-10-16-29-28(32)30(3)23-13-11-12-22(20-23)24-15-14-21(18-25(24)35-17-9-7-2)19-26(33-4)27(31)34-5/h11-15,18-20H,6-10,16-17H2,1-5H3,(H,29,32)/b26-19-. The fraction of sp³-hybridized carbons (Fsp3) is 0.429. The smallest absolute Gasteiger partial charge is 0.373 e. The van der Waals surface area contributed by atoms with Gasteiger partial charge in [-0.3, -0.25) is 4.90 Å². The second kappa shape index (κ2) is 14.7. The van der Waals surface area contributed by atoms with Crippen LogP contribution in [0.5, 0.6) is 5.75 Å². The quantitative estimate of drug-likeness (QED) is 0.163. The van der Waals surface area contributed by atoms with Gasteiger partial charge in [0.05, 0.1) is 20.8 Å². The van der Waals surface area contributed by atoms with Gasteiger partial charge in [0, 0.05) is 24.8 Å². The molecule has 1 N–H and O–H groups in total. The molecular formula is C28H38N2O5. The topological polar surface area (TPSA) is 77.1 Å². The Labute approximate surface area is 209 Å². The summed E-state index contributed by atoms with van der Waals surface area (Å²) in [6, 6.07) is 13.4. The van der Waals surface area contributed by atoms with Crippen LogP contribution < -0.4 is 15.0 Å². The summed E-state index contributed by atoms with van der Waals surface area (Å²) in [4.78, 5) is 26.1. The summed E-state index contributed by atoms with van der Waals surface area (Å²) in [7, 11) is 4.50. The van der Waals surface area contributed by atoms with Crippen molar-refractivity contribution in [1.29, 1.82) is 0 Å². The van der Waals surface area contributed by atoms with Crippen LogP contribution in [0.2, 0.25) is 0 Å². The Balaban J connectivity index is 2.35. The molecule has 7 nitrogen and oxygen atoms in total. The van der Waals surface area contributed by atoms with Crippen molar-refractivity contribution >= 4 is 23.8 Å². The van der Waals surface area contributed by atoms with E-state index in [1.54, 1.807) is 18.0 Å². The van der Waals surface area contributed by atoms with Crippen LogP contribution in [0.4, 0.5) is 10.5 Å². The normalized spacial score (nSPS) is 11.1. The van der Waals surface area contributed by atoms with Crippen LogP contribution in [-0.2, 0) is 14.3 Å². The molecule has 0 bridgehead atoms. The van der Waals surface area contributed by atoms with Gasteiger partial charge in [-0.25, -0.2) is 9.59 Å². The first-order valence-corrected chi connectivity index (χ1v) is 12.2. The van der Waals surface area contributed by atoms with Crippen LogP contribution in [0.3, 0.4) is 0 Å². The molecule has 0 fully saturated rings. The molecule has 0 saturated carbocycles. The van der Waals surface area contributed by atoms with E-state index >= 15 is 0 Å². The molecule has 0 radical (unpaired) electrons. The van der Waals surface area contributed by atoms with Crippen molar-refractivity contribution in [1.82, 2.24) is 5.32 Å². The maximum atomic E-state index is 12.6. The fourth-order valence-corrected chi connectivity index (χ4v) is 3.45. The molecule has 0 saturated heterocycles. The SMILES string of the molecule is CCCCCNC(=O)N(C)c1cccc(-c2ccc(/C=C(\OC)C(=O)OC)cc2OCCCC)c1. The number of esters is 1. The van der Waals surface area contributed by atoms with Gasteiger partial charge in [0.2, 0.25) is 5.76 Å². The molecule has 0 aliphatic rings. The fourth-order valence-electron chi connectivity index (χ4n) is 3.45. The summed E-state index contributed by atoms with van der Waals surface area (Å²) in [5.74, 6) is 0.249. The highest BCUT2D eigenvalue weighted by atomic mass is 16.6. The van der Waals surface area contributed by atoms with Gasteiger partial charge in [0.25, 0.3) is 0 Å². The third-order valence-corrected chi connectivity index (χ3v) is 5.57. The summed E-state index contributed by atoms with van der Waals surface area (Å²) < 4.78 is 16.1. The number of carbonyl (C=O) groups excluding carboxylic acids is 2. The van der Waals surface area contributed by atoms with E-state index in [4.69, 9.17) is 14.2 Å². The highest BCUT2D eigenvalue weighted by Crippen LogP contribution is 2.34. The number of anilines is 1. The number of carbonyl (C=O) groups is 2. The number of hydrogen-bond acceptors (Lipinski definition) is 5. The zero-order valence-corrected chi connectivity index (χ0v) is 21.6. The predicted molar refractivity (Wildman–Crippen MR) is 141 cm³/mol. The Hall–Kier alpha value is -3.48. The summed E-state index contributed by atoms with van der Waals surface area (Å²) in [5, 5.41) is 2.97. The molecule has 2 amide bonds. The Morgan fingerprint density at radius 2 is 1.74 bits per heavy atom. The lowest BCUT2D eigenvalue weighted by Crippen LogP contribution is -2.37. The number of nitrogens with one attached hydrogen (secondary N) is 1. The minimum atomic E-state index is -0.547. The summed E-state index contributed by atoms with van der Waals surface area (Å²) >= 11 is 0. The number of unbranched alkanes of at least 4 members (excludes halogenated alkanes) is 3. The number of hydrogen-bond donors (Lipinski definition) is 1. The number of urea groups is 1. The van der Waals surface area contributed by atoms with E-state index in [9.17, 15) is 9.59 Å². The van der Waals surface area contributed by atoms with Crippen LogP contribution in [-0.4, -0.2) is 46.4 Å². The number of amides is 2. The molecule has 35 heavy (non-hydrogen) atoms.